The first-order valence-corrected chi connectivity index (χ1v) is 17.0. The van der Waals surface area contributed by atoms with Gasteiger partial charge in [0.25, 0.3) is 0 Å². The van der Waals surface area contributed by atoms with Crippen molar-refractivity contribution in [1.29, 1.82) is 0 Å². The highest BCUT2D eigenvalue weighted by Gasteiger charge is 2.60. The Bertz CT molecular complexity index is 1130. The zero-order chi connectivity index (χ0) is 24.2. The topological polar surface area (TPSA) is 84.8 Å². The number of amidine groups is 1. The van der Waals surface area contributed by atoms with E-state index in [2.05, 4.69) is 41.4 Å². The third-order valence-corrected chi connectivity index (χ3v) is 10.8. The van der Waals surface area contributed by atoms with Gasteiger partial charge in [-0.3, -0.25) is 0 Å². The molecule has 1 saturated carbocycles. The first-order valence-electron chi connectivity index (χ1n) is 10.6. The minimum Gasteiger partial charge on any atom is -0.442 e. The fourth-order valence-corrected chi connectivity index (χ4v) is 8.55. The number of nitrogens with zero attached hydrogens (tertiary/aromatic N) is 1. The highest BCUT2D eigenvalue weighted by Crippen LogP contribution is 2.48. The van der Waals surface area contributed by atoms with Gasteiger partial charge in [0.1, 0.15) is 24.3 Å². The number of ether oxygens (including phenoxy) is 1. The van der Waals surface area contributed by atoms with Crippen LogP contribution in [0, 0.1) is 11.5 Å². The molecule has 1 spiro atoms. The van der Waals surface area contributed by atoms with Crippen molar-refractivity contribution in [3.05, 3.63) is 20.8 Å². The van der Waals surface area contributed by atoms with Crippen LogP contribution in [0.1, 0.15) is 56.7 Å². The Morgan fingerprint density at radius 1 is 1.31 bits per heavy atom. The summed E-state index contributed by atoms with van der Waals surface area (Å²) in [5, 5.41) is 3.75. The maximum Gasteiger partial charge on any atom is 0.435 e. The van der Waals surface area contributed by atoms with Gasteiger partial charge in [0.2, 0.25) is 0 Å². The van der Waals surface area contributed by atoms with Gasteiger partial charge >= 0.3 is 6.09 Å². The summed E-state index contributed by atoms with van der Waals surface area (Å²) >= 11 is 7.94. The van der Waals surface area contributed by atoms with Crippen LogP contribution in [0.15, 0.2) is 11.1 Å². The SMILES string of the molecule is CC(C)(C)OC(=O)/N=C1\N[C@](C)(c2sc(C#C[Si](C)(C)C)cc2Cl)CS(=O)(=O)C12CCC2. The molecule has 2 heterocycles. The van der Waals surface area contributed by atoms with E-state index in [1.807, 2.05) is 0 Å². The summed E-state index contributed by atoms with van der Waals surface area (Å²) in [4.78, 5) is 18.1. The zero-order valence-electron chi connectivity index (χ0n) is 19.7. The molecule has 176 valence electrons. The van der Waals surface area contributed by atoms with Crippen LogP contribution in [-0.4, -0.2) is 44.5 Å². The fraction of sp³-hybridized carbons (Fsp3) is 0.636. The molecule has 1 amide bonds. The summed E-state index contributed by atoms with van der Waals surface area (Å²) in [5.74, 6) is 3.22. The number of sulfone groups is 1. The molecule has 6 nitrogen and oxygen atoms in total. The number of hydrogen-bond acceptors (Lipinski definition) is 5. The third-order valence-electron chi connectivity index (χ3n) is 5.41. The largest absolute Gasteiger partial charge is 0.442 e. The Kier molecular flexibility index (Phi) is 6.44. The Morgan fingerprint density at radius 2 is 1.94 bits per heavy atom. The van der Waals surface area contributed by atoms with Gasteiger partial charge < -0.3 is 10.1 Å². The van der Waals surface area contributed by atoms with E-state index in [4.69, 9.17) is 16.3 Å². The first kappa shape index (κ1) is 25.3. The maximum absolute atomic E-state index is 13.5. The number of rotatable bonds is 1. The molecule has 0 aromatic carbocycles. The molecule has 1 aromatic heterocycles. The van der Waals surface area contributed by atoms with Crippen LogP contribution in [-0.2, 0) is 20.1 Å². The molecule has 1 aliphatic carbocycles. The predicted octanol–water partition coefficient (Wildman–Crippen LogP) is 5.12. The van der Waals surface area contributed by atoms with Gasteiger partial charge in [-0.05, 0) is 53.0 Å². The molecule has 2 aliphatic rings. The van der Waals surface area contributed by atoms with Gasteiger partial charge in [0.15, 0.2) is 9.84 Å². The smallest absolute Gasteiger partial charge is 0.435 e. The lowest BCUT2D eigenvalue weighted by molar-refractivity contribution is 0.0602. The molecule has 1 atom stereocenters. The van der Waals surface area contributed by atoms with Crippen molar-refractivity contribution >= 4 is 52.8 Å². The average Bonchev–Trinajstić information content (AvgIpc) is 2.89. The molecule has 10 heteroatoms. The number of carbonyl (C=O) groups excluding carboxylic acids is 1. The van der Waals surface area contributed by atoms with E-state index >= 15 is 0 Å². The average molecular weight is 515 g/mol. The predicted molar refractivity (Wildman–Crippen MR) is 134 cm³/mol. The zero-order valence-corrected chi connectivity index (χ0v) is 23.1. The van der Waals surface area contributed by atoms with Gasteiger partial charge in [-0.2, -0.15) is 4.99 Å². The van der Waals surface area contributed by atoms with Gasteiger partial charge in [0, 0.05) is 0 Å². The van der Waals surface area contributed by atoms with Crippen molar-refractivity contribution in [2.45, 2.75) is 82.5 Å². The first-order chi connectivity index (χ1) is 14.5. The second-order valence-corrected chi connectivity index (χ2v) is 19.3. The van der Waals surface area contributed by atoms with Gasteiger partial charge in [0.05, 0.1) is 26.1 Å². The van der Waals surface area contributed by atoms with Crippen molar-refractivity contribution in [2.75, 3.05) is 5.75 Å². The molecule has 1 aromatic rings. The molecular weight excluding hydrogens is 484 g/mol. The van der Waals surface area contributed by atoms with Crippen LogP contribution in [0.3, 0.4) is 0 Å². The number of hydrogen-bond donors (Lipinski definition) is 1. The van der Waals surface area contributed by atoms with Crippen LogP contribution >= 0.6 is 22.9 Å². The standard InChI is InChI=1S/C22H31ClN2O4S2Si/c1-20(2,3)29-19(26)24-18-22(10-8-11-22)31(27,28)14-21(4,25-18)17-16(23)13-15(30-17)9-12-32(5,6)7/h13H,8,10-11,14H2,1-7H3,(H,24,25,26)/t21-/m0/s1. The lowest BCUT2D eigenvalue weighted by Gasteiger charge is -2.50. The van der Waals surface area contributed by atoms with Crippen molar-refractivity contribution in [1.82, 2.24) is 5.32 Å². The number of thiophene rings is 1. The summed E-state index contributed by atoms with van der Waals surface area (Å²) in [5.41, 5.74) is 1.56. The lowest BCUT2D eigenvalue weighted by atomic mass is 9.81. The highest BCUT2D eigenvalue weighted by atomic mass is 35.5. The molecule has 1 saturated heterocycles. The molecule has 1 N–H and O–H groups in total. The van der Waals surface area contributed by atoms with E-state index in [1.165, 1.54) is 11.3 Å². The van der Waals surface area contributed by atoms with Crippen molar-refractivity contribution in [2.24, 2.45) is 4.99 Å². The van der Waals surface area contributed by atoms with Crippen LogP contribution < -0.4 is 5.32 Å². The highest BCUT2D eigenvalue weighted by molar-refractivity contribution is 7.93. The molecular formula is C22H31ClN2O4S2Si. The van der Waals surface area contributed by atoms with Crippen LogP contribution in [0.5, 0.6) is 0 Å². The van der Waals surface area contributed by atoms with E-state index in [9.17, 15) is 13.2 Å². The van der Waals surface area contributed by atoms with Crippen LogP contribution in [0.25, 0.3) is 0 Å². The Labute approximate surface area is 201 Å². The number of amides is 1. The van der Waals surface area contributed by atoms with Gasteiger partial charge in [-0.1, -0.05) is 37.2 Å². The van der Waals surface area contributed by atoms with E-state index in [-0.39, 0.29) is 11.6 Å². The summed E-state index contributed by atoms with van der Waals surface area (Å²) in [6.07, 6.45) is 0.835. The fourth-order valence-electron chi connectivity index (χ4n) is 3.81. The van der Waals surface area contributed by atoms with E-state index < -0.39 is 39.9 Å². The number of carbonyl (C=O) groups is 1. The maximum atomic E-state index is 13.5. The van der Waals surface area contributed by atoms with Crippen LogP contribution in [0.4, 0.5) is 4.79 Å². The quantitative estimate of drug-likeness (QED) is 0.415. The lowest BCUT2D eigenvalue weighted by Crippen LogP contribution is -2.68. The van der Waals surface area contributed by atoms with E-state index in [1.54, 1.807) is 33.8 Å². The molecule has 1 aliphatic heterocycles. The Morgan fingerprint density at radius 3 is 2.44 bits per heavy atom. The normalized spacial score (nSPS) is 25.4. The van der Waals surface area contributed by atoms with Crippen LogP contribution in [0.2, 0.25) is 24.7 Å². The minimum absolute atomic E-state index is 0.130. The number of aliphatic imine (C=N–C) groups is 1. The van der Waals surface area contributed by atoms with Gasteiger partial charge in [-0.15, -0.1) is 16.9 Å². The van der Waals surface area contributed by atoms with Crippen molar-refractivity contribution < 1.29 is 17.9 Å². The van der Waals surface area contributed by atoms with E-state index in [0.29, 0.717) is 22.7 Å². The summed E-state index contributed by atoms with van der Waals surface area (Å²) in [6.45, 7) is 13.5. The molecule has 2 fully saturated rings. The summed E-state index contributed by atoms with van der Waals surface area (Å²) in [6, 6.07) is 1.78. The monoisotopic (exact) mass is 514 g/mol. The molecule has 32 heavy (non-hydrogen) atoms. The minimum atomic E-state index is -3.61. The van der Waals surface area contributed by atoms with Crippen molar-refractivity contribution in [3.8, 4) is 11.5 Å². The third kappa shape index (κ3) is 5.08. The Hall–Kier alpha value is -1.34. The Balaban J connectivity index is 2.04. The summed E-state index contributed by atoms with van der Waals surface area (Å²) < 4.78 is 31.2. The number of nitrogens with one attached hydrogen (secondary N) is 1. The van der Waals surface area contributed by atoms with Gasteiger partial charge in [-0.25, -0.2) is 13.2 Å². The van der Waals surface area contributed by atoms with E-state index in [0.717, 1.165) is 11.3 Å². The molecule has 0 bridgehead atoms. The van der Waals surface area contributed by atoms with Crippen molar-refractivity contribution in [3.63, 3.8) is 0 Å². The summed E-state index contributed by atoms with van der Waals surface area (Å²) in [7, 11) is -5.18. The number of halogens is 1. The molecule has 3 rings (SSSR count). The molecule has 0 radical (unpaired) electrons. The second-order valence-electron chi connectivity index (χ2n) is 10.8. The molecule has 0 unspecified atom stereocenters. The second kappa shape index (κ2) is 8.15.